The molecule has 54 heavy (non-hydrogen) atoms. The predicted molar refractivity (Wildman–Crippen MR) is 218 cm³/mol. The van der Waals surface area contributed by atoms with Crippen molar-refractivity contribution in [2.75, 3.05) is 0 Å². The van der Waals surface area contributed by atoms with Gasteiger partial charge in [-0.05, 0) is 99.1 Å². The summed E-state index contributed by atoms with van der Waals surface area (Å²) in [5.74, 6) is 1.85. The smallest absolute Gasteiger partial charge is 0.164 e. The van der Waals surface area contributed by atoms with Crippen LogP contribution in [0.1, 0.15) is 49.9 Å². The average molecular weight is 696 g/mol. The van der Waals surface area contributed by atoms with Crippen LogP contribution in [0.5, 0.6) is 0 Å². The minimum absolute atomic E-state index is 0.0951. The summed E-state index contributed by atoms with van der Waals surface area (Å²) >= 11 is 0. The van der Waals surface area contributed by atoms with E-state index in [0.717, 1.165) is 39.2 Å². The zero-order valence-corrected chi connectivity index (χ0v) is 30.7. The molecule has 5 aromatic carbocycles. The molecule has 8 aromatic rings. The van der Waals surface area contributed by atoms with Crippen LogP contribution in [0.2, 0.25) is 0 Å². The highest BCUT2D eigenvalue weighted by atomic mass is 15.0. The highest BCUT2D eigenvalue weighted by Crippen LogP contribution is 2.51. The van der Waals surface area contributed by atoms with Crippen molar-refractivity contribution in [3.05, 3.63) is 174 Å². The van der Waals surface area contributed by atoms with Crippen molar-refractivity contribution in [2.24, 2.45) is 0 Å². The molecule has 0 saturated carbocycles. The molecule has 0 amide bonds. The van der Waals surface area contributed by atoms with E-state index < -0.39 is 0 Å². The Balaban J connectivity index is 1.20. The van der Waals surface area contributed by atoms with Crippen LogP contribution < -0.4 is 0 Å². The minimum Gasteiger partial charge on any atom is -0.256 e. The van der Waals surface area contributed by atoms with E-state index in [1.807, 2.05) is 48.8 Å². The molecule has 5 nitrogen and oxygen atoms in total. The molecule has 2 aliphatic carbocycles. The third-order valence-corrected chi connectivity index (χ3v) is 11.4. The fourth-order valence-corrected chi connectivity index (χ4v) is 8.60. The summed E-state index contributed by atoms with van der Waals surface area (Å²) in [6, 6.07) is 49.1. The maximum Gasteiger partial charge on any atom is 0.164 e. The van der Waals surface area contributed by atoms with Crippen LogP contribution in [-0.2, 0) is 10.8 Å². The van der Waals surface area contributed by atoms with Gasteiger partial charge in [-0.1, -0.05) is 113 Å². The molecule has 0 aliphatic heterocycles. The Hall–Kier alpha value is -6.59. The molecule has 0 radical (unpaired) electrons. The Morgan fingerprint density at radius 3 is 1.17 bits per heavy atom. The third kappa shape index (κ3) is 5.03. The summed E-state index contributed by atoms with van der Waals surface area (Å²) < 4.78 is 0. The summed E-state index contributed by atoms with van der Waals surface area (Å²) in [6.45, 7) is 9.21. The van der Waals surface area contributed by atoms with Gasteiger partial charge in [-0.3, -0.25) is 9.97 Å². The molecule has 0 atom stereocenters. The van der Waals surface area contributed by atoms with E-state index in [9.17, 15) is 0 Å². The Morgan fingerprint density at radius 2 is 0.722 bits per heavy atom. The quantitative estimate of drug-likeness (QED) is 0.179. The molecular weight excluding hydrogens is 659 g/mol. The second-order valence-corrected chi connectivity index (χ2v) is 15.4. The molecule has 5 heteroatoms. The summed E-state index contributed by atoms with van der Waals surface area (Å²) in [7, 11) is 0. The van der Waals surface area contributed by atoms with Crippen LogP contribution >= 0.6 is 0 Å². The molecule has 3 aromatic heterocycles. The molecule has 10 rings (SSSR count). The van der Waals surface area contributed by atoms with Crippen LogP contribution in [0.15, 0.2) is 152 Å². The Labute approximate surface area is 315 Å². The van der Waals surface area contributed by atoms with E-state index in [-0.39, 0.29) is 10.8 Å². The number of rotatable bonds is 5. The van der Waals surface area contributed by atoms with Gasteiger partial charge in [-0.15, -0.1) is 0 Å². The van der Waals surface area contributed by atoms with E-state index >= 15 is 0 Å². The molecular formula is C49H37N5. The Morgan fingerprint density at radius 1 is 0.333 bits per heavy atom. The van der Waals surface area contributed by atoms with Crippen molar-refractivity contribution in [3.8, 4) is 78.9 Å². The molecule has 0 fully saturated rings. The lowest BCUT2D eigenvalue weighted by Crippen LogP contribution is -2.14. The lowest BCUT2D eigenvalue weighted by atomic mass is 9.82. The molecule has 0 spiro atoms. The molecule has 0 saturated heterocycles. The number of fused-ring (bicyclic) bond motifs is 6. The Kier molecular flexibility index (Phi) is 7.11. The number of aromatic nitrogens is 5. The fourth-order valence-electron chi connectivity index (χ4n) is 8.60. The van der Waals surface area contributed by atoms with Crippen molar-refractivity contribution >= 4 is 0 Å². The molecule has 258 valence electrons. The van der Waals surface area contributed by atoms with Gasteiger partial charge in [0.2, 0.25) is 0 Å². The third-order valence-electron chi connectivity index (χ3n) is 11.4. The highest BCUT2D eigenvalue weighted by molar-refractivity contribution is 5.86. The maximum atomic E-state index is 5.26. The Bertz CT molecular complexity index is 2580. The summed E-state index contributed by atoms with van der Waals surface area (Å²) in [4.78, 5) is 25.2. The van der Waals surface area contributed by atoms with Gasteiger partial charge >= 0.3 is 0 Å². The van der Waals surface area contributed by atoms with Crippen molar-refractivity contribution in [2.45, 2.75) is 38.5 Å². The number of benzene rings is 5. The van der Waals surface area contributed by atoms with Crippen LogP contribution in [0.3, 0.4) is 0 Å². The molecule has 0 unspecified atom stereocenters. The minimum atomic E-state index is -0.0951. The van der Waals surface area contributed by atoms with E-state index in [4.69, 9.17) is 24.9 Å². The van der Waals surface area contributed by atoms with Crippen molar-refractivity contribution in [3.63, 3.8) is 0 Å². The number of hydrogen-bond donors (Lipinski definition) is 0. The first-order chi connectivity index (χ1) is 26.3. The van der Waals surface area contributed by atoms with E-state index in [0.29, 0.717) is 17.5 Å². The van der Waals surface area contributed by atoms with Gasteiger partial charge in [0.1, 0.15) is 0 Å². The molecule has 2 aliphatic rings. The van der Waals surface area contributed by atoms with Crippen LogP contribution in [-0.4, -0.2) is 24.9 Å². The SMILES string of the molecule is CC1(C)c2ccccc2-c2cc(-c3nc(-c4cc(-c5ccccn5)cc(-c5ccccn5)c4)nc(-c4ccc5c(c4)-c4ccccc4C5(C)C)n3)ccc21. The first-order valence-corrected chi connectivity index (χ1v) is 18.5. The largest absolute Gasteiger partial charge is 0.256 e. The van der Waals surface area contributed by atoms with Crippen molar-refractivity contribution in [1.29, 1.82) is 0 Å². The van der Waals surface area contributed by atoms with Gasteiger partial charge in [-0.25, -0.2) is 15.0 Å². The lowest BCUT2D eigenvalue weighted by Gasteiger charge is -2.21. The van der Waals surface area contributed by atoms with Crippen molar-refractivity contribution < 1.29 is 0 Å². The fraction of sp³-hybridized carbons (Fsp3) is 0.122. The summed E-state index contributed by atoms with van der Waals surface area (Å²) in [5, 5.41) is 0. The van der Waals surface area contributed by atoms with E-state index in [1.165, 1.54) is 44.5 Å². The monoisotopic (exact) mass is 695 g/mol. The molecule has 0 bridgehead atoms. The predicted octanol–water partition coefficient (Wildman–Crippen LogP) is 11.6. The standard InChI is InChI=1S/C49H37N5/c1-48(2)39-15-7-5-13-35(39)37-28-30(19-21-41(37)48)45-52-46(31-20-22-42-38(29-31)36-14-6-8-16-40(36)49(42,3)4)54-47(53-45)34-26-32(43-17-9-11-23-50-43)25-33(27-34)44-18-10-12-24-51-44/h5-29H,1-4H3. The lowest BCUT2D eigenvalue weighted by molar-refractivity contribution is 0.660. The highest BCUT2D eigenvalue weighted by Gasteiger charge is 2.36. The zero-order chi connectivity index (χ0) is 36.6. The molecule has 0 N–H and O–H groups in total. The maximum absolute atomic E-state index is 5.26. The summed E-state index contributed by atoms with van der Waals surface area (Å²) in [6.07, 6.45) is 3.64. The van der Waals surface area contributed by atoms with E-state index in [2.05, 4.69) is 131 Å². The molecule has 3 heterocycles. The summed E-state index contributed by atoms with van der Waals surface area (Å²) in [5.41, 5.74) is 16.5. The van der Waals surface area contributed by atoms with Gasteiger partial charge in [-0.2, -0.15) is 0 Å². The topological polar surface area (TPSA) is 64.5 Å². The first-order valence-electron chi connectivity index (χ1n) is 18.5. The zero-order valence-electron chi connectivity index (χ0n) is 30.7. The van der Waals surface area contributed by atoms with Gasteiger partial charge in [0.05, 0.1) is 11.4 Å². The second kappa shape index (κ2) is 12.0. The first kappa shape index (κ1) is 32.1. The number of pyridine rings is 2. The normalized spacial score (nSPS) is 14.2. The van der Waals surface area contributed by atoms with Gasteiger partial charge in [0, 0.05) is 51.0 Å². The van der Waals surface area contributed by atoms with Gasteiger partial charge in [0.15, 0.2) is 17.5 Å². The van der Waals surface area contributed by atoms with Gasteiger partial charge < -0.3 is 0 Å². The average Bonchev–Trinajstić information content (AvgIpc) is 3.60. The second-order valence-electron chi connectivity index (χ2n) is 15.4. The van der Waals surface area contributed by atoms with Crippen molar-refractivity contribution in [1.82, 2.24) is 24.9 Å². The van der Waals surface area contributed by atoms with Crippen LogP contribution in [0.4, 0.5) is 0 Å². The van der Waals surface area contributed by atoms with Crippen LogP contribution in [0, 0.1) is 0 Å². The number of hydrogen-bond acceptors (Lipinski definition) is 5. The van der Waals surface area contributed by atoms with E-state index in [1.54, 1.807) is 0 Å². The van der Waals surface area contributed by atoms with Crippen LogP contribution in [0.25, 0.3) is 78.9 Å². The number of nitrogens with zero attached hydrogens (tertiary/aromatic N) is 5. The van der Waals surface area contributed by atoms with Gasteiger partial charge in [0.25, 0.3) is 0 Å².